The zero-order valence-electron chi connectivity index (χ0n) is 15.7. The van der Waals surface area contributed by atoms with Gasteiger partial charge < -0.3 is 4.57 Å². The lowest BCUT2D eigenvalue weighted by Gasteiger charge is -2.13. The number of hydrogen-bond acceptors (Lipinski definition) is 2. The molecule has 0 saturated heterocycles. The number of rotatable bonds is 4. The van der Waals surface area contributed by atoms with Crippen molar-refractivity contribution in [3.05, 3.63) is 71.2 Å². The minimum Gasteiger partial charge on any atom is -0.341 e. The first-order valence-corrected chi connectivity index (χ1v) is 10.9. The number of halogens is 4. The number of alkyl halides is 3. The summed E-state index contributed by atoms with van der Waals surface area (Å²) in [5.74, 6) is 0. The highest BCUT2D eigenvalue weighted by Gasteiger charge is 2.32. The summed E-state index contributed by atoms with van der Waals surface area (Å²) in [6.07, 6.45) is -4.68. The van der Waals surface area contributed by atoms with E-state index >= 15 is 0 Å². The van der Waals surface area contributed by atoms with Gasteiger partial charge in [0.25, 0.3) is 10.0 Å². The topological polar surface area (TPSA) is 51.1 Å². The number of sulfonamides is 1. The maximum absolute atomic E-state index is 13.0. The minimum atomic E-state index is -4.68. The van der Waals surface area contributed by atoms with Crippen molar-refractivity contribution < 1.29 is 21.6 Å². The molecule has 0 aliphatic heterocycles. The normalized spacial score (nSPS) is 12.6. The molecule has 1 heterocycles. The number of benzene rings is 3. The highest BCUT2D eigenvalue weighted by molar-refractivity contribution is 7.92. The maximum atomic E-state index is 13.0. The predicted molar refractivity (Wildman–Crippen MR) is 112 cm³/mol. The average Bonchev–Trinajstić information content (AvgIpc) is 3.00. The van der Waals surface area contributed by atoms with E-state index in [4.69, 9.17) is 11.6 Å². The molecule has 0 aliphatic rings. The summed E-state index contributed by atoms with van der Waals surface area (Å²) in [5.41, 5.74) is 1.08. The second-order valence-corrected chi connectivity index (χ2v) is 8.80. The lowest BCUT2D eigenvalue weighted by molar-refractivity contribution is -0.137. The molecule has 9 heteroatoms. The van der Waals surface area contributed by atoms with Crippen LogP contribution in [-0.2, 0) is 22.7 Å². The molecular formula is C21H16ClF3N2O2S. The van der Waals surface area contributed by atoms with E-state index in [1.54, 1.807) is 18.2 Å². The van der Waals surface area contributed by atoms with Crippen LogP contribution in [0.5, 0.6) is 0 Å². The van der Waals surface area contributed by atoms with E-state index in [-0.39, 0.29) is 10.7 Å². The quantitative estimate of drug-likeness (QED) is 0.395. The Hall–Kier alpha value is -2.71. The van der Waals surface area contributed by atoms with Gasteiger partial charge in [-0.25, -0.2) is 8.42 Å². The SMILES string of the molecule is CCn1c2ccccc2c2cc(NS(=O)(=O)c3cc(C(F)(F)F)ccc3Cl)ccc21. The molecule has 1 aromatic heterocycles. The van der Waals surface area contributed by atoms with Crippen LogP contribution in [0.3, 0.4) is 0 Å². The molecule has 0 radical (unpaired) electrons. The molecule has 0 fully saturated rings. The number of fused-ring (bicyclic) bond motifs is 3. The molecule has 4 nitrogen and oxygen atoms in total. The van der Waals surface area contributed by atoms with Gasteiger partial charge in [0.15, 0.2) is 0 Å². The van der Waals surface area contributed by atoms with E-state index in [1.807, 2.05) is 31.2 Å². The number of hydrogen-bond donors (Lipinski definition) is 1. The first-order chi connectivity index (χ1) is 14.1. The van der Waals surface area contributed by atoms with Crippen molar-refractivity contribution in [3.8, 4) is 0 Å². The Morgan fingerprint density at radius 1 is 0.967 bits per heavy atom. The highest BCUT2D eigenvalue weighted by atomic mass is 35.5. The fraction of sp³-hybridized carbons (Fsp3) is 0.143. The van der Waals surface area contributed by atoms with Gasteiger partial charge in [0.2, 0.25) is 0 Å². The Bertz CT molecular complexity index is 1380. The molecule has 0 bridgehead atoms. The zero-order chi connectivity index (χ0) is 21.7. The van der Waals surface area contributed by atoms with Crippen LogP contribution in [0.15, 0.2) is 65.6 Å². The maximum Gasteiger partial charge on any atom is 0.416 e. The lowest BCUT2D eigenvalue weighted by atomic mass is 10.1. The Morgan fingerprint density at radius 2 is 1.67 bits per heavy atom. The zero-order valence-corrected chi connectivity index (χ0v) is 17.2. The number of anilines is 1. The summed E-state index contributed by atoms with van der Waals surface area (Å²) < 4.78 is 69.1. The van der Waals surface area contributed by atoms with Crippen molar-refractivity contribution in [1.29, 1.82) is 0 Å². The van der Waals surface area contributed by atoms with E-state index in [9.17, 15) is 21.6 Å². The van der Waals surface area contributed by atoms with Gasteiger partial charge in [0.05, 0.1) is 10.6 Å². The van der Waals surface area contributed by atoms with Crippen LogP contribution in [-0.4, -0.2) is 13.0 Å². The molecule has 3 aromatic carbocycles. The molecule has 0 amide bonds. The van der Waals surface area contributed by atoms with Gasteiger partial charge in [0, 0.05) is 34.0 Å². The van der Waals surface area contributed by atoms with Crippen LogP contribution in [0.2, 0.25) is 5.02 Å². The molecule has 1 N–H and O–H groups in total. The fourth-order valence-corrected chi connectivity index (χ4v) is 5.13. The monoisotopic (exact) mass is 452 g/mol. The van der Waals surface area contributed by atoms with Crippen LogP contribution in [0.4, 0.5) is 18.9 Å². The average molecular weight is 453 g/mol. The molecule has 0 unspecified atom stereocenters. The van der Waals surface area contributed by atoms with Crippen molar-refractivity contribution in [3.63, 3.8) is 0 Å². The van der Waals surface area contributed by atoms with Gasteiger partial charge in [-0.1, -0.05) is 29.8 Å². The van der Waals surface area contributed by atoms with Crippen LogP contribution in [0.25, 0.3) is 21.8 Å². The van der Waals surface area contributed by atoms with Crippen LogP contribution < -0.4 is 4.72 Å². The summed E-state index contributed by atoms with van der Waals surface area (Å²) in [4.78, 5) is -0.630. The second-order valence-electron chi connectivity index (χ2n) is 6.74. The molecule has 30 heavy (non-hydrogen) atoms. The van der Waals surface area contributed by atoms with Crippen molar-refractivity contribution >= 4 is 49.1 Å². The summed E-state index contributed by atoms with van der Waals surface area (Å²) in [5, 5.41) is 1.49. The summed E-state index contributed by atoms with van der Waals surface area (Å²) >= 11 is 5.90. The molecular weight excluding hydrogens is 437 g/mol. The molecule has 156 valence electrons. The van der Waals surface area contributed by atoms with Crippen molar-refractivity contribution in [2.75, 3.05) is 4.72 Å². The molecule has 0 spiro atoms. The standard InChI is InChI=1S/C21H16ClF3N2O2S/c1-2-27-18-6-4-3-5-15(18)16-12-14(8-10-19(16)27)26-30(28,29)20-11-13(21(23,24)25)7-9-17(20)22/h3-12,26H,2H2,1H3. The van der Waals surface area contributed by atoms with Crippen molar-refractivity contribution in [2.45, 2.75) is 24.5 Å². The number of nitrogens with one attached hydrogen (secondary N) is 1. The van der Waals surface area contributed by atoms with Crippen molar-refractivity contribution in [1.82, 2.24) is 4.57 Å². The predicted octanol–water partition coefficient (Wildman–Crippen LogP) is 6.29. The lowest BCUT2D eigenvalue weighted by Crippen LogP contribution is -2.15. The number of para-hydroxylation sites is 1. The second kappa shape index (κ2) is 7.21. The van der Waals surface area contributed by atoms with Gasteiger partial charge in [0.1, 0.15) is 4.90 Å². The summed E-state index contributed by atoms with van der Waals surface area (Å²) in [6.45, 7) is 2.74. The van der Waals surface area contributed by atoms with E-state index in [0.29, 0.717) is 6.07 Å². The Kier molecular flexibility index (Phi) is 4.94. The molecule has 0 atom stereocenters. The Morgan fingerprint density at radius 3 is 2.37 bits per heavy atom. The Balaban J connectivity index is 1.80. The first-order valence-electron chi connectivity index (χ1n) is 9.02. The summed E-state index contributed by atoms with van der Waals surface area (Å²) in [7, 11) is -4.34. The minimum absolute atomic E-state index is 0.231. The van der Waals surface area contributed by atoms with Crippen LogP contribution >= 0.6 is 11.6 Å². The van der Waals surface area contributed by atoms with Gasteiger partial charge >= 0.3 is 6.18 Å². The third-order valence-corrected chi connectivity index (χ3v) is 6.75. The molecule has 0 saturated carbocycles. The third kappa shape index (κ3) is 3.50. The largest absolute Gasteiger partial charge is 0.416 e. The van der Waals surface area contributed by atoms with Gasteiger partial charge in [-0.3, -0.25) is 4.72 Å². The third-order valence-electron chi connectivity index (χ3n) is 4.89. The van der Waals surface area contributed by atoms with Gasteiger partial charge in [-0.05, 0) is 49.4 Å². The van der Waals surface area contributed by atoms with Gasteiger partial charge in [-0.15, -0.1) is 0 Å². The fourth-order valence-electron chi connectivity index (χ4n) is 3.55. The van der Waals surface area contributed by atoms with E-state index < -0.39 is 26.7 Å². The smallest absolute Gasteiger partial charge is 0.341 e. The molecule has 4 aromatic rings. The van der Waals surface area contributed by atoms with Crippen LogP contribution in [0, 0.1) is 0 Å². The van der Waals surface area contributed by atoms with E-state index in [0.717, 1.165) is 40.5 Å². The van der Waals surface area contributed by atoms with E-state index in [1.165, 1.54) is 0 Å². The van der Waals surface area contributed by atoms with Crippen LogP contribution in [0.1, 0.15) is 12.5 Å². The number of aryl methyl sites for hydroxylation is 1. The highest BCUT2D eigenvalue weighted by Crippen LogP contribution is 2.35. The van der Waals surface area contributed by atoms with E-state index in [2.05, 4.69) is 9.29 Å². The Labute approximate surface area is 175 Å². The molecule has 0 aliphatic carbocycles. The molecule has 4 rings (SSSR count). The number of aromatic nitrogens is 1. The van der Waals surface area contributed by atoms with Crippen molar-refractivity contribution in [2.24, 2.45) is 0 Å². The van der Waals surface area contributed by atoms with Gasteiger partial charge in [-0.2, -0.15) is 13.2 Å². The summed E-state index contributed by atoms with van der Waals surface area (Å²) in [6, 6.07) is 15.0. The number of nitrogens with zero attached hydrogens (tertiary/aromatic N) is 1. The first kappa shape index (κ1) is 20.6.